The predicted octanol–water partition coefficient (Wildman–Crippen LogP) is 2.45. The Morgan fingerprint density at radius 1 is 1.43 bits per heavy atom. The summed E-state index contributed by atoms with van der Waals surface area (Å²) in [5.74, 6) is -0.235. The van der Waals surface area contributed by atoms with E-state index in [0.717, 1.165) is 10.9 Å². The number of ether oxygens (including phenoxy) is 1. The number of hydrogen-bond donors (Lipinski definition) is 1. The van der Waals surface area contributed by atoms with Crippen LogP contribution in [-0.2, 0) is 11.3 Å². The number of hydrogen-bond acceptors (Lipinski definition) is 2. The third kappa shape index (κ3) is 3.74. The van der Waals surface area contributed by atoms with Crippen LogP contribution in [0.1, 0.15) is 12.0 Å². The molecule has 0 bridgehead atoms. The highest BCUT2D eigenvalue weighted by atomic mass is 79.9. The van der Waals surface area contributed by atoms with Crippen LogP contribution in [0.5, 0.6) is 0 Å². The molecule has 0 unspecified atom stereocenters. The average Bonchev–Trinajstić information content (AvgIpc) is 2.18. The molecule has 0 aliphatic heterocycles. The molecular weight excluding hydrogens is 249 g/mol. The number of halogens is 2. The fourth-order valence-corrected chi connectivity index (χ4v) is 1.43. The van der Waals surface area contributed by atoms with Crippen molar-refractivity contribution in [2.24, 2.45) is 5.73 Å². The van der Waals surface area contributed by atoms with Gasteiger partial charge < -0.3 is 10.5 Å². The predicted molar refractivity (Wildman–Crippen MR) is 57.4 cm³/mol. The molecule has 0 atom stereocenters. The summed E-state index contributed by atoms with van der Waals surface area (Å²) in [5, 5.41) is 0. The van der Waals surface area contributed by atoms with E-state index in [-0.39, 0.29) is 5.82 Å². The second kappa shape index (κ2) is 6.11. The van der Waals surface area contributed by atoms with Gasteiger partial charge in [-0.1, -0.05) is 15.9 Å². The van der Waals surface area contributed by atoms with Crippen LogP contribution in [0.2, 0.25) is 0 Å². The van der Waals surface area contributed by atoms with E-state index in [1.54, 1.807) is 12.1 Å². The maximum atomic E-state index is 13.2. The molecule has 0 aromatic heterocycles. The van der Waals surface area contributed by atoms with E-state index in [0.29, 0.717) is 25.3 Å². The fourth-order valence-electron chi connectivity index (χ4n) is 1.02. The van der Waals surface area contributed by atoms with Crippen LogP contribution in [0.4, 0.5) is 4.39 Å². The molecular formula is C10H13BrFNO. The summed E-state index contributed by atoms with van der Waals surface area (Å²) < 4.78 is 19.3. The number of nitrogens with two attached hydrogens (primary N) is 1. The van der Waals surface area contributed by atoms with E-state index in [4.69, 9.17) is 10.5 Å². The van der Waals surface area contributed by atoms with Gasteiger partial charge in [0.05, 0.1) is 6.61 Å². The maximum absolute atomic E-state index is 13.2. The van der Waals surface area contributed by atoms with Gasteiger partial charge in [0.25, 0.3) is 0 Å². The first-order valence-electron chi connectivity index (χ1n) is 4.46. The first-order chi connectivity index (χ1) is 6.74. The Morgan fingerprint density at radius 2 is 2.21 bits per heavy atom. The zero-order valence-corrected chi connectivity index (χ0v) is 9.39. The molecule has 0 heterocycles. The van der Waals surface area contributed by atoms with Gasteiger partial charge in [0, 0.05) is 16.6 Å². The lowest BCUT2D eigenvalue weighted by molar-refractivity contribution is 0.117. The lowest BCUT2D eigenvalue weighted by atomic mass is 10.2. The highest BCUT2D eigenvalue weighted by Gasteiger charge is 2.02. The van der Waals surface area contributed by atoms with E-state index in [2.05, 4.69) is 15.9 Å². The van der Waals surface area contributed by atoms with Crippen molar-refractivity contribution < 1.29 is 9.13 Å². The topological polar surface area (TPSA) is 35.2 Å². The molecule has 14 heavy (non-hydrogen) atoms. The van der Waals surface area contributed by atoms with Crippen LogP contribution in [0.25, 0.3) is 0 Å². The molecule has 1 aromatic rings. The van der Waals surface area contributed by atoms with E-state index < -0.39 is 0 Å². The van der Waals surface area contributed by atoms with Crippen LogP contribution in [-0.4, -0.2) is 13.2 Å². The van der Waals surface area contributed by atoms with Crippen molar-refractivity contribution in [2.75, 3.05) is 13.2 Å². The highest BCUT2D eigenvalue weighted by Crippen LogP contribution is 2.16. The smallest absolute Gasteiger partial charge is 0.128 e. The second-order valence-electron chi connectivity index (χ2n) is 2.93. The Kier molecular flexibility index (Phi) is 5.07. The monoisotopic (exact) mass is 261 g/mol. The van der Waals surface area contributed by atoms with Crippen molar-refractivity contribution in [2.45, 2.75) is 13.0 Å². The van der Waals surface area contributed by atoms with Crippen molar-refractivity contribution in [1.29, 1.82) is 0 Å². The van der Waals surface area contributed by atoms with E-state index in [1.165, 1.54) is 6.07 Å². The molecule has 4 heteroatoms. The van der Waals surface area contributed by atoms with Crippen LogP contribution in [0, 0.1) is 5.82 Å². The van der Waals surface area contributed by atoms with Crippen molar-refractivity contribution in [3.8, 4) is 0 Å². The Bertz CT molecular complexity index is 293. The SMILES string of the molecule is NCCCOCc1cc(Br)ccc1F. The quantitative estimate of drug-likeness (QED) is 0.827. The van der Waals surface area contributed by atoms with Gasteiger partial charge in [-0.25, -0.2) is 4.39 Å². The van der Waals surface area contributed by atoms with Crippen LogP contribution in [0.15, 0.2) is 22.7 Å². The van der Waals surface area contributed by atoms with Crippen molar-refractivity contribution in [3.05, 3.63) is 34.1 Å². The Hall–Kier alpha value is -0.450. The normalized spacial score (nSPS) is 10.5. The van der Waals surface area contributed by atoms with Crippen molar-refractivity contribution in [3.63, 3.8) is 0 Å². The van der Waals surface area contributed by atoms with Gasteiger partial charge in [-0.15, -0.1) is 0 Å². The van der Waals surface area contributed by atoms with E-state index >= 15 is 0 Å². The van der Waals surface area contributed by atoms with Gasteiger partial charge in [0.2, 0.25) is 0 Å². The third-order valence-electron chi connectivity index (χ3n) is 1.76. The molecule has 78 valence electrons. The molecule has 2 nitrogen and oxygen atoms in total. The molecule has 2 N–H and O–H groups in total. The summed E-state index contributed by atoms with van der Waals surface area (Å²) in [5.41, 5.74) is 5.87. The molecule has 1 rings (SSSR count). The maximum Gasteiger partial charge on any atom is 0.128 e. The number of rotatable bonds is 5. The molecule has 0 aliphatic rings. The molecule has 1 aromatic carbocycles. The minimum atomic E-state index is -0.235. The standard InChI is InChI=1S/C10H13BrFNO/c11-9-2-3-10(12)8(6-9)7-14-5-1-4-13/h2-3,6H,1,4-5,7,13H2. The average molecular weight is 262 g/mol. The summed E-state index contributed by atoms with van der Waals surface area (Å²) in [6, 6.07) is 4.81. The van der Waals surface area contributed by atoms with Crippen LogP contribution in [0.3, 0.4) is 0 Å². The second-order valence-corrected chi connectivity index (χ2v) is 3.85. The highest BCUT2D eigenvalue weighted by molar-refractivity contribution is 9.10. The zero-order chi connectivity index (χ0) is 10.4. The van der Waals surface area contributed by atoms with Gasteiger partial charge in [-0.2, -0.15) is 0 Å². The zero-order valence-electron chi connectivity index (χ0n) is 7.80. The Morgan fingerprint density at radius 3 is 2.93 bits per heavy atom. The van der Waals surface area contributed by atoms with Gasteiger partial charge in [0.1, 0.15) is 5.82 Å². The summed E-state index contributed by atoms with van der Waals surface area (Å²) >= 11 is 3.28. The van der Waals surface area contributed by atoms with Gasteiger partial charge in [-0.05, 0) is 31.2 Å². The Balaban J connectivity index is 2.45. The third-order valence-corrected chi connectivity index (χ3v) is 2.25. The molecule has 0 radical (unpaired) electrons. The summed E-state index contributed by atoms with van der Waals surface area (Å²) in [4.78, 5) is 0. The van der Waals surface area contributed by atoms with Gasteiger partial charge >= 0.3 is 0 Å². The number of benzene rings is 1. The van der Waals surface area contributed by atoms with Gasteiger partial charge in [-0.3, -0.25) is 0 Å². The lowest BCUT2D eigenvalue weighted by Gasteiger charge is -2.05. The molecule has 0 saturated heterocycles. The first kappa shape index (κ1) is 11.6. The first-order valence-corrected chi connectivity index (χ1v) is 5.25. The van der Waals surface area contributed by atoms with E-state index in [1.807, 2.05) is 0 Å². The molecule has 0 amide bonds. The largest absolute Gasteiger partial charge is 0.377 e. The summed E-state index contributed by atoms with van der Waals surface area (Å²) in [6.07, 6.45) is 0.801. The minimum Gasteiger partial charge on any atom is -0.377 e. The summed E-state index contributed by atoms with van der Waals surface area (Å²) in [6.45, 7) is 1.47. The molecule has 0 spiro atoms. The lowest BCUT2D eigenvalue weighted by Crippen LogP contribution is -2.05. The molecule has 0 aliphatic carbocycles. The minimum absolute atomic E-state index is 0.235. The molecule has 0 fully saturated rings. The van der Waals surface area contributed by atoms with Crippen molar-refractivity contribution >= 4 is 15.9 Å². The van der Waals surface area contributed by atoms with Crippen LogP contribution >= 0.6 is 15.9 Å². The van der Waals surface area contributed by atoms with E-state index in [9.17, 15) is 4.39 Å². The van der Waals surface area contributed by atoms with Gasteiger partial charge in [0.15, 0.2) is 0 Å². The summed E-state index contributed by atoms with van der Waals surface area (Å²) in [7, 11) is 0. The van der Waals surface area contributed by atoms with Crippen LogP contribution < -0.4 is 5.73 Å². The van der Waals surface area contributed by atoms with Crippen molar-refractivity contribution in [1.82, 2.24) is 0 Å². The molecule has 0 saturated carbocycles. The fraction of sp³-hybridized carbons (Fsp3) is 0.400. The Labute approximate surface area is 91.4 Å².